The molecule has 6 rings (SSSR count). The van der Waals surface area contributed by atoms with Gasteiger partial charge in [-0.2, -0.15) is 0 Å². The topological polar surface area (TPSA) is 130 Å². The Bertz CT molecular complexity index is 2350. The number of aryl methyl sites for hydroxylation is 4. The van der Waals surface area contributed by atoms with E-state index in [1.807, 2.05) is 70.2 Å². The molecular formula is C46H46Cl3N3O7. The van der Waals surface area contributed by atoms with Crippen LogP contribution in [0.5, 0.6) is 17.2 Å². The molecule has 0 fully saturated rings. The van der Waals surface area contributed by atoms with Crippen LogP contribution in [-0.2, 0) is 11.2 Å². The van der Waals surface area contributed by atoms with E-state index in [-0.39, 0.29) is 17.5 Å². The second kappa shape index (κ2) is 24.1. The number of hydrogen-bond donors (Lipinski definition) is 1. The van der Waals surface area contributed by atoms with Crippen LogP contribution in [0.3, 0.4) is 0 Å². The number of aromatic nitrogens is 3. The fourth-order valence-electron chi connectivity index (χ4n) is 5.23. The highest BCUT2D eigenvalue weighted by molar-refractivity contribution is 6.30. The molecule has 3 aromatic heterocycles. The molecule has 0 aliphatic carbocycles. The SMILES string of the molecule is COC(=O)c1cc(C)cc(OC)c1.COc1cc(C)cc(/C(O)=C\c2ccnc(Cl)c2)c1.COc1cc(C)cc(C(=O)Cc2ccnc(Cl)c2)c1.Cc1ccnc(Cl)c1. The van der Waals surface area contributed by atoms with E-state index in [1.165, 1.54) is 7.11 Å². The van der Waals surface area contributed by atoms with Crippen molar-refractivity contribution in [1.29, 1.82) is 0 Å². The Kier molecular flexibility index (Phi) is 19.4. The average molecular weight is 859 g/mol. The van der Waals surface area contributed by atoms with Gasteiger partial charge in [-0.1, -0.05) is 34.8 Å². The molecule has 1 N–H and O–H groups in total. The van der Waals surface area contributed by atoms with Crippen LogP contribution in [0.1, 0.15) is 59.7 Å². The molecule has 0 saturated heterocycles. The molecule has 3 aromatic carbocycles. The largest absolute Gasteiger partial charge is 0.507 e. The molecule has 6 aromatic rings. The maximum absolute atomic E-state index is 12.2. The van der Waals surface area contributed by atoms with Gasteiger partial charge in [0.15, 0.2) is 5.78 Å². The normalized spacial score (nSPS) is 10.3. The summed E-state index contributed by atoms with van der Waals surface area (Å²) >= 11 is 17.1. The molecule has 308 valence electrons. The Balaban J connectivity index is 0.000000220. The third-order valence-electron chi connectivity index (χ3n) is 7.99. The first-order valence-electron chi connectivity index (χ1n) is 17.9. The summed E-state index contributed by atoms with van der Waals surface area (Å²) in [5.41, 5.74) is 7.62. The van der Waals surface area contributed by atoms with Gasteiger partial charge in [-0.25, -0.2) is 19.7 Å². The lowest BCUT2D eigenvalue weighted by atomic mass is 10.0. The van der Waals surface area contributed by atoms with Crippen molar-refractivity contribution >= 4 is 58.4 Å². The quantitative estimate of drug-likeness (QED) is 0.0649. The van der Waals surface area contributed by atoms with Crippen molar-refractivity contribution in [3.63, 3.8) is 0 Å². The van der Waals surface area contributed by atoms with Crippen LogP contribution < -0.4 is 14.2 Å². The Morgan fingerprint density at radius 2 is 1.02 bits per heavy atom. The number of Topliss-reactive ketones (excluding diaryl/α,β-unsaturated/α-hetero) is 1. The van der Waals surface area contributed by atoms with Crippen molar-refractivity contribution in [2.75, 3.05) is 28.4 Å². The minimum atomic E-state index is -0.345. The van der Waals surface area contributed by atoms with Crippen LogP contribution in [-0.4, -0.2) is 60.3 Å². The van der Waals surface area contributed by atoms with Crippen LogP contribution in [0.4, 0.5) is 0 Å². The lowest BCUT2D eigenvalue weighted by Gasteiger charge is -2.06. The zero-order valence-electron chi connectivity index (χ0n) is 34.0. The summed E-state index contributed by atoms with van der Waals surface area (Å²) in [5, 5.41) is 11.5. The molecular weight excluding hydrogens is 813 g/mol. The minimum Gasteiger partial charge on any atom is -0.507 e. The van der Waals surface area contributed by atoms with E-state index in [0.29, 0.717) is 55.8 Å². The van der Waals surface area contributed by atoms with E-state index in [4.69, 9.17) is 49.0 Å². The zero-order valence-corrected chi connectivity index (χ0v) is 36.3. The maximum Gasteiger partial charge on any atom is 0.337 e. The fourth-order valence-corrected chi connectivity index (χ4v) is 5.84. The second-order valence-electron chi connectivity index (χ2n) is 12.9. The summed E-state index contributed by atoms with van der Waals surface area (Å²) < 4.78 is 20.0. The van der Waals surface area contributed by atoms with E-state index in [0.717, 1.165) is 33.4 Å². The van der Waals surface area contributed by atoms with Crippen molar-refractivity contribution in [3.05, 3.63) is 175 Å². The van der Waals surface area contributed by atoms with Gasteiger partial charge in [0, 0.05) is 36.1 Å². The molecule has 0 amide bonds. The molecule has 0 aliphatic heterocycles. The monoisotopic (exact) mass is 857 g/mol. The number of esters is 1. The highest BCUT2D eigenvalue weighted by atomic mass is 35.5. The van der Waals surface area contributed by atoms with E-state index in [1.54, 1.807) is 94.5 Å². The number of ketones is 1. The minimum absolute atomic E-state index is 0.0317. The molecule has 0 saturated carbocycles. The molecule has 0 atom stereocenters. The summed E-state index contributed by atoms with van der Waals surface area (Å²) in [7, 11) is 6.11. The molecule has 59 heavy (non-hydrogen) atoms. The molecule has 0 unspecified atom stereocenters. The molecule has 0 spiro atoms. The number of carbonyl (C=O) groups is 2. The third-order valence-corrected chi connectivity index (χ3v) is 8.61. The number of methoxy groups -OCH3 is 4. The number of nitrogens with zero attached hydrogens (tertiary/aromatic N) is 3. The summed E-state index contributed by atoms with van der Waals surface area (Å²) in [6, 6.07) is 27.0. The second-order valence-corrected chi connectivity index (χ2v) is 14.1. The Morgan fingerprint density at radius 1 is 0.559 bits per heavy atom. The summed E-state index contributed by atoms with van der Waals surface area (Å²) in [4.78, 5) is 35.0. The van der Waals surface area contributed by atoms with Gasteiger partial charge in [-0.3, -0.25) is 4.79 Å². The predicted molar refractivity (Wildman–Crippen MR) is 236 cm³/mol. The first-order chi connectivity index (χ1) is 28.1. The van der Waals surface area contributed by atoms with Gasteiger partial charge >= 0.3 is 5.97 Å². The van der Waals surface area contributed by atoms with E-state index in [2.05, 4.69) is 19.7 Å². The number of aliphatic hydroxyl groups is 1. The van der Waals surface area contributed by atoms with Crippen molar-refractivity contribution < 1.29 is 33.6 Å². The number of rotatable bonds is 9. The van der Waals surface area contributed by atoms with Gasteiger partial charge in [0.25, 0.3) is 0 Å². The highest BCUT2D eigenvalue weighted by Crippen LogP contribution is 2.24. The van der Waals surface area contributed by atoms with Gasteiger partial charge in [-0.15, -0.1) is 0 Å². The number of halogens is 3. The Hall–Kier alpha value is -5.94. The lowest BCUT2D eigenvalue weighted by molar-refractivity contribution is 0.0600. The summed E-state index contributed by atoms with van der Waals surface area (Å²) in [5.74, 6) is 1.91. The van der Waals surface area contributed by atoms with Crippen LogP contribution >= 0.6 is 34.8 Å². The summed E-state index contributed by atoms with van der Waals surface area (Å²) in [6.45, 7) is 7.76. The van der Waals surface area contributed by atoms with Gasteiger partial charge < -0.3 is 24.1 Å². The first kappa shape index (κ1) is 47.4. The first-order valence-corrected chi connectivity index (χ1v) is 19.1. The molecule has 13 heteroatoms. The lowest BCUT2D eigenvalue weighted by Crippen LogP contribution is -2.04. The van der Waals surface area contributed by atoms with Crippen molar-refractivity contribution in [2.24, 2.45) is 0 Å². The predicted octanol–water partition coefficient (Wildman–Crippen LogP) is 11.4. The van der Waals surface area contributed by atoms with E-state index < -0.39 is 0 Å². The molecule has 0 aliphatic rings. The highest BCUT2D eigenvalue weighted by Gasteiger charge is 2.10. The maximum atomic E-state index is 12.2. The number of aliphatic hydroxyl groups excluding tert-OH is 1. The molecule has 3 heterocycles. The smallest absolute Gasteiger partial charge is 0.337 e. The van der Waals surface area contributed by atoms with Gasteiger partial charge in [-0.05, 0) is 158 Å². The Morgan fingerprint density at radius 3 is 1.49 bits per heavy atom. The van der Waals surface area contributed by atoms with Crippen LogP contribution in [0, 0.1) is 27.7 Å². The number of pyridine rings is 3. The van der Waals surface area contributed by atoms with Gasteiger partial charge in [0.05, 0.1) is 34.0 Å². The van der Waals surface area contributed by atoms with Gasteiger partial charge in [0.2, 0.25) is 0 Å². The Labute approximate surface area is 360 Å². The van der Waals surface area contributed by atoms with Crippen LogP contribution in [0.2, 0.25) is 15.5 Å². The van der Waals surface area contributed by atoms with Gasteiger partial charge in [0.1, 0.15) is 38.5 Å². The summed E-state index contributed by atoms with van der Waals surface area (Å²) in [6.07, 6.45) is 6.83. The zero-order chi connectivity index (χ0) is 43.5. The molecule has 10 nitrogen and oxygen atoms in total. The van der Waals surface area contributed by atoms with Crippen molar-refractivity contribution in [1.82, 2.24) is 15.0 Å². The number of ether oxygens (including phenoxy) is 4. The van der Waals surface area contributed by atoms with E-state index in [9.17, 15) is 14.7 Å². The number of hydrogen-bond acceptors (Lipinski definition) is 10. The van der Waals surface area contributed by atoms with Crippen molar-refractivity contribution in [3.8, 4) is 17.2 Å². The van der Waals surface area contributed by atoms with Crippen LogP contribution in [0.25, 0.3) is 11.8 Å². The molecule has 0 bridgehead atoms. The van der Waals surface area contributed by atoms with Crippen LogP contribution in [0.15, 0.2) is 110 Å². The third kappa shape index (κ3) is 16.8. The molecule has 0 radical (unpaired) electrons. The fraction of sp³-hybridized carbons (Fsp3) is 0.196. The average Bonchev–Trinajstić information content (AvgIpc) is 3.20. The number of benzene rings is 3. The van der Waals surface area contributed by atoms with Crippen molar-refractivity contribution in [2.45, 2.75) is 34.1 Å². The standard InChI is InChI=1S/2C15H14ClNO2.C10H12O3.C6H6ClN/c2*1-10-5-12(9-13(6-10)19-2)14(18)7-11-3-4-17-15(16)8-11;1-7-4-8(10(11)13-3)6-9(5-7)12-2;1-5-2-3-8-6(7)4-5/h3-6,8-9H,7H2,1-2H3;3-9,18H,1-2H3;4-6H,1-3H3;2-4H,1H3/b;14-7+;;. The number of carbonyl (C=O) groups excluding carboxylic acids is 2. The van der Waals surface area contributed by atoms with E-state index >= 15 is 0 Å².